The second-order valence-corrected chi connectivity index (χ2v) is 6.08. The van der Waals surface area contributed by atoms with Crippen LogP contribution in [0.2, 0.25) is 0 Å². The highest BCUT2D eigenvalue weighted by Crippen LogP contribution is 2.42. The Hall–Kier alpha value is -0.120. The quantitative estimate of drug-likeness (QED) is 0.722. The summed E-state index contributed by atoms with van der Waals surface area (Å²) in [7, 11) is 1.81. The van der Waals surface area contributed by atoms with E-state index < -0.39 is 0 Å². The van der Waals surface area contributed by atoms with Gasteiger partial charge in [-0.15, -0.1) is 0 Å². The van der Waals surface area contributed by atoms with Gasteiger partial charge in [0.1, 0.15) is 0 Å². The Kier molecular flexibility index (Phi) is 3.57. The fourth-order valence-corrected chi connectivity index (χ4v) is 2.82. The summed E-state index contributed by atoms with van der Waals surface area (Å²) in [5.41, 5.74) is 6.36. The van der Waals surface area contributed by atoms with E-state index in [9.17, 15) is 0 Å². The normalized spacial score (nSPS) is 34.5. The summed E-state index contributed by atoms with van der Waals surface area (Å²) in [5.74, 6) is 0.822. The molecule has 94 valence electrons. The predicted octanol–water partition coefficient (Wildman–Crippen LogP) is 1.52. The molecule has 3 nitrogen and oxygen atoms in total. The number of ether oxygens (including phenoxy) is 1. The second-order valence-electron chi connectivity index (χ2n) is 6.08. The van der Waals surface area contributed by atoms with Crippen LogP contribution < -0.4 is 11.1 Å². The SMILES string of the molecule is COC1CC(NCCC(N)C2CC2)C1(C)C. The van der Waals surface area contributed by atoms with Gasteiger partial charge in [0.15, 0.2) is 0 Å². The Morgan fingerprint density at radius 1 is 1.44 bits per heavy atom. The molecule has 2 fully saturated rings. The molecular weight excluding hydrogens is 200 g/mol. The van der Waals surface area contributed by atoms with Crippen molar-refractivity contribution in [3.63, 3.8) is 0 Å². The van der Waals surface area contributed by atoms with Gasteiger partial charge in [-0.3, -0.25) is 0 Å². The number of methoxy groups -OCH3 is 1. The molecule has 16 heavy (non-hydrogen) atoms. The Morgan fingerprint density at radius 3 is 2.62 bits per heavy atom. The first-order valence-corrected chi connectivity index (χ1v) is 6.57. The first-order chi connectivity index (χ1) is 7.55. The smallest absolute Gasteiger partial charge is 0.0652 e. The van der Waals surface area contributed by atoms with Crippen molar-refractivity contribution in [3.8, 4) is 0 Å². The molecule has 3 atom stereocenters. The largest absolute Gasteiger partial charge is 0.381 e. The zero-order valence-corrected chi connectivity index (χ0v) is 10.8. The topological polar surface area (TPSA) is 47.3 Å². The van der Waals surface area contributed by atoms with Gasteiger partial charge in [0, 0.05) is 24.6 Å². The molecule has 2 saturated carbocycles. The van der Waals surface area contributed by atoms with E-state index in [1.807, 2.05) is 7.11 Å². The van der Waals surface area contributed by atoms with E-state index in [0.29, 0.717) is 18.2 Å². The van der Waals surface area contributed by atoms with Crippen LogP contribution in [0.1, 0.15) is 39.5 Å². The molecule has 0 aromatic rings. The van der Waals surface area contributed by atoms with Crippen LogP contribution in [0.5, 0.6) is 0 Å². The highest BCUT2D eigenvalue weighted by molar-refractivity contribution is 5.02. The van der Waals surface area contributed by atoms with Gasteiger partial charge in [-0.1, -0.05) is 13.8 Å². The highest BCUT2D eigenvalue weighted by atomic mass is 16.5. The maximum atomic E-state index is 6.08. The van der Waals surface area contributed by atoms with E-state index in [1.54, 1.807) is 0 Å². The summed E-state index contributed by atoms with van der Waals surface area (Å²) in [6.45, 7) is 5.62. The van der Waals surface area contributed by atoms with Gasteiger partial charge < -0.3 is 15.8 Å². The van der Waals surface area contributed by atoms with Gasteiger partial charge in [0.25, 0.3) is 0 Å². The zero-order chi connectivity index (χ0) is 11.8. The van der Waals surface area contributed by atoms with E-state index in [1.165, 1.54) is 12.8 Å². The third kappa shape index (κ3) is 2.41. The molecule has 2 rings (SSSR count). The number of nitrogens with one attached hydrogen (secondary N) is 1. The Morgan fingerprint density at radius 2 is 2.12 bits per heavy atom. The molecule has 3 N–H and O–H groups in total. The number of hydrogen-bond acceptors (Lipinski definition) is 3. The van der Waals surface area contributed by atoms with Crippen LogP contribution in [0.15, 0.2) is 0 Å². The molecule has 0 aromatic carbocycles. The van der Waals surface area contributed by atoms with Gasteiger partial charge in [0.05, 0.1) is 6.10 Å². The minimum Gasteiger partial charge on any atom is -0.381 e. The van der Waals surface area contributed by atoms with Crippen LogP contribution in [0.3, 0.4) is 0 Å². The third-order valence-electron chi connectivity index (χ3n) is 4.56. The van der Waals surface area contributed by atoms with Crippen LogP contribution >= 0.6 is 0 Å². The first kappa shape index (κ1) is 12.3. The van der Waals surface area contributed by atoms with Crippen molar-refractivity contribution in [1.29, 1.82) is 0 Å². The van der Waals surface area contributed by atoms with Gasteiger partial charge >= 0.3 is 0 Å². The first-order valence-electron chi connectivity index (χ1n) is 6.57. The monoisotopic (exact) mass is 226 g/mol. The Labute approximate surface area is 99.1 Å². The molecule has 0 aliphatic heterocycles. The molecule has 0 aromatic heterocycles. The lowest BCUT2D eigenvalue weighted by molar-refractivity contribution is -0.0973. The van der Waals surface area contributed by atoms with E-state index in [-0.39, 0.29) is 5.41 Å². The molecule has 2 aliphatic rings. The van der Waals surface area contributed by atoms with Gasteiger partial charge in [-0.2, -0.15) is 0 Å². The number of hydrogen-bond donors (Lipinski definition) is 2. The molecule has 0 heterocycles. The summed E-state index contributed by atoms with van der Waals surface area (Å²) in [6.07, 6.45) is 5.38. The van der Waals surface area contributed by atoms with Crippen molar-refractivity contribution < 1.29 is 4.74 Å². The zero-order valence-electron chi connectivity index (χ0n) is 10.8. The van der Waals surface area contributed by atoms with Gasteiger partial charge in [-0.05, 0) is 38.1 Å². The standard InChI is InChI=1S/C13H26N2O/c1-13(2)11(8-12(13)16-3)15-7-6-10(14)9-4-5-9/h9-12,15H,4-8,14H2,1-3H3. The van der Waals surface area contributed by atoms with Gasteiger partial charge in [0.2, 0.25) is 0 Å². The molecule has 0 saturated heterocycles. The minimum absolute atomic E-state index is 0.276. The second kappa shape index (κ2) is 4.63. The van der Waals surface area contributed by atoms with Crippen LogP contribution in [0.25, 0.3) is 0 Å². The van der Waals surface area contributed by atoms with Crippen molar-refractivity contribution in [1.82, 2.24) is 5.32 Å². The minimum atomic E-state index is 0.276. The van der Waals surface area contributed by atoms with E-state index >= 15 is 0 Å². The number of rotatable bonds is 6. The van der Waals surface area contributed by atoms with Crippen molar-refractivity contribution in [3.05, 3.63) is 0 Å². The molecule has 3 unspecified atom stereocenters. The fourth-order valence-electron chi connectivity index (χ4n) is 2.82. The third-order valence-corrected chi connectivity index (χ3v) is 4.56. The highest BCUT2D eigenvalue weighted by Gasteiger charge is 2.48. The lowest BCUT2D eigenvalue weighted by atomic mass is 9.64. The van der Waals surface area contributed by atoms with Gasteiger partial charge in [-0.25, -0.2) is 0 Å². The molecule has 0 spiro atoms. The lowest BCUT2D eigenvalue weighted by Gasteiger charge is -2.51. The maximum Gasteiger partial charge on any atom is 0.0652 e. The summed E-state index contributed by atoms with van der Waals surface area (Å²) in [5, 5.41) is 3.63. The van der Waals surface area contributed by atoms with E-state index in [4.69, 9.17) is 10.5 Å². The number of nitrogens with two attached hydrogens (primary N) is 1. The molecule has 3 heteroatoms. The molecule has 2 aliphatic carbocycles. The summed E-state index contributed by atoms with van der Waals surface area (Å²) in [4.78, 5) is 0. The van der Waals surface area contributed by atoms with Crippen LogP contribution in [-0.2, 0) is 4.74 Å². The van der Waals surface area contributed by atoms with Crippen LogP contribution in [-0.4, -0.2) is 31.8 Å². The molecule has 0 amide bonds. The van der Waals surface area contributed by atoms with Crippen molar-refractivity contribution >= 4 is 0 Å². The van der Waals surface area contributed by atoms with Crippen molar-refractivity contribution in [2.45, 2.75) is 57.7 Å². The summed E-state index contributed by atoms with van der Waals surface area (Å²) >= 11 is 0. The van der Waals surface area contributed by atoms with E-state index in [2.05, 4.69) is 19.2 Å². The summed E-state index contributed by atoms with van der Waals surface area (Å²) in [6, 6.07) is 1.03. The van der Waals surface area contributed by atoms with Crippen LogP contribution in [0.4, 0.5) is 0 Å². The molecule has 0 radical (unpaired) electrons. The van der Waals surface area contributed by atoms with E-state index in [0.717, 1.165) is 25.3 Å². The maximum absolute atomic E-state index is 6.08. The van der Waals surface area contributed by atoms with Crippen molar-refractivity contribution in [2.24, 2.45) is 17.1 Å². The summed E-state index contributed by atoms with van der Waals surface area (Å²) < 4.78 is 5.44. The van der Waals surface area contributed by atoms with Crippen molar-refractivity contribution in [2.75, 3.05) is 13.7 Å². The predicted molar refractivity (Wildman–Crippen MR) is 66.3 cm³/mol. The van der Waals surface area contributed by atoms with Crippen LogP contribution in [0, 0.1) is 11.3 Å². The fraction of sp³-hybridized carbons (Fsp3) is 1.00. The average Bonchev–Trinajstić information content (AvgIpc) is 3.05. The Balaban J connectivity index is 1.63. The molecular formula is C13H26N2O. The molecule has 0 bridgehead atoms. The lowest BCUT2D eigenvalue weighted by Crippen LogP contribution is -2.60. The Bertz CT molecular complexity index is 238. The average molecular weight is 226 g/mol.